The Kier molecular flexibility index (Phi) is 7.00. The summed E-state index contributed by atoms with van der Waals surface area (Å²) in [5, 5.41) is 0. The Morgan fingerprint density at radius 2 is 1.61 bits per heavy atom. The number of nitrogens with one attached hydrogen (secondary N) is 1. The number of hydrogen-bond donors (Lipinski definition) is 1. The second kappa shape index (κ2) is 9.23. The number of sulfonamides is 1. The smallest absolute Gasteiger partial charge is 0.310 e. The molecule has 0 bridgehead atoms. The van der Waals surface area contributed by atoms with Crippen molar-refractivity contribution in [1.82, 2.24) is 0 Å². The third kappa shape index (κ3) is 6.27. The summed E-state index contributed by atoms with van der Waals surface area (Å²) >= 11 is 0. The van der Waals surface area contributed by atoms with E-state index >= 15 is 0 Å². The van der Waals surface area contributed by atoms with Crippen LogP contribution < -0.4 is 14.2 Å². The van der Waals surface area contributed by atoms with Gasteiger partial charge in [0.25, 0.3) is 0 Å². The first kappa shape index (κ1) is 21.2. The lowest BCUT2D eigenvalue weighted by Gasteiger charge is -2.09. The van der Waals surface area contributed by atoms with Crippen molar-refractivity contribution in [3.05, 3.63) is 53.6 Å². The van der Waals surface area contributed by atoms with Gasteiger partial charge >= 0.3 is 5.97 Å². The van der Waals surface area contributed by atoms with Gasteiger partial charge in [0.1, 0.15) is 0 Å². The molecule has 0 fully saturated rings. The van der Waals surface area contributed by atoms with E-state index < -0.39 is 28.4 Å². The SMILES string of the molecule is COc1ccc(CC(=O)OCC(=O)c2ccc(NS(C)(=O)=O)cc2)cc1OC. The van der Waals surface area contributed by atoms with Crippen molar-refractivity contribution in [2.45, 2.75) is 6.42 Å². The molecular formula is C19H21NO7S. The van der Waals surface area contributed by atoms with Crippen LogP contribution in [-0.2, 0) is 26.0 Å². The molecule has 8 nitrogen and oxygen atoms in total. The molecule has 0 unspecified atom stereocenters. The number of esters is 1. The fraction of sp³-hybridized carbons (Fsp3) is 0.263. The van der Waals surface area contributed by atoms with Gasteiger partial charge in [0, 0.05) is 11.3 Å². The Morgan fingerprint density at radius 3 is 2.18 bits per heavy atom. The van der Waals surface area contributed by atoms with Crippen LogP contribution in [0.5, 0.6) is 11.5 Å². The van der Waals surface area contributed by atoms with Crippen molar-refractivity contribution >= 4 is 27.5 Å². The first-order valence-corrected chi connectivity index (χ1v) is 10.1. The minimum absolute atomic E-state index is 0.0230. The van der Waals surface area contributed by atoms with Gasteiger partial charge in [-0.1, -0.05) is 6.07 Å². The second-order valence-electron chi connectivity index (χ2n) is 5.90. The van der Waals surface area contributed by atoms with Gasteiger partial charge < -0.3 is 14.2 Å². The topological polar surface area (TPSA) is 108 Å². The summed E-state index contributed by atoms with van der Waals surface area (Å²) in [6, 6.07) is 10.9. The highest BCUT2D eigenvalue weighted by Gasteiger charge is 2.13. The lowest BCUT2D eigenvalue weighted by molar-refractivity contribution is -0.141. The van der Waals surface area contributed by atoms with Crippen molar-refractivity contribution in [3.63, 3.8) is 0 Å². The fourth-order valence-corrected chi connectivity index (χ4v) is 2.94. The minimum Gasteiger partial charge on any atom is -0.493 e. The van der Waals surface area contributed by atoms with Gasteiger partial charge in [0.15, 0.2) is 23.9 Å². The van der Waals surface area contributed by atoms with Crippen LogP contribution in [0.1, 0.15) is 15.9 Å². The minimum atomic E-state index is -3.39. The number of ether oxygens (including phenoxy) is 3. The maximum atomic E-state index is 12.1. The molecule has 0 aliphatic rings. The molecule has 0 heterocycles. The summed E-state index contributed by atoms with van der Waals surface area (Å²) in [4.78, 5) is 24.1. The highest BCUT2D eigenvalue weighted by atomic mass is 32.2. The Balaban J connectivity index is 1.91. The molecule has 9 heteroatoms. The first-order valence-electron chi connectivity index (χ1n) is 8.19. The number of Topliss-reactive ketones (excluding diaryl/α,β-unsaturated/α-hetero) is 1. The maximum Gasteiger partial charge on any atom is 0.310 e. The highest BCUT2D eigenvalue weighted by Crippen LogP contribution is 2.27. The quantitative estimate of drug-likeness (QED) is 0.501. The van der Waals surface area contributed by atoms with E-state index in [1.165, 1.54) is 38.5 Å². The van der Waals surface area contributed by atoms with Crippen molar-refractivity contribution < 1.29 is 32.2 Å². The molecule has 1 N–H and O–H groups in total. The third-order valence-corrected chi connectivity index (χ3v) is 4.28. The Hall–Kier alpha value is -3.07. The summed E-state index contributed by atoms with van der Waals surface area (Å²) < 4.78 is 40.0. The molecule has 28 heavy (non-hydrogen) atoms. The zero-order valence-electron chi connectivity index (χ0n) is 15.7. The van der Waals surface area contributed by atoms with Gasteiger partial charge in [-0.3, -0.25) is 14.3 Å². The summed E-state index contributed by atoms with van der Waals surface area (Å²) in [5.74, 6) is 0.0813. The Labute approximate surface area is 163 Å². The van der Waals surface area contributed by atoms with Gasteiger partial charge in [-0.05, 0) is 42.0 Å². The van der Waals surface area contributed by atoms with Crippen LogP contribution in [0.25, 0.3) is 0 Å². The number of carbonyl (C=O) groups excluding carboxylic acids is 2. The lowest BCUT2D eigenvalue weighted by Crippen LogP contribution is -2.16. The number of methoxy groups -OCH3 is 2. The number of benzene rings is 2. The molecule has 2 aromatic carbocycles. The van der Waals surface area contributed by atoms with Crippen LogP contribution >= 0.6 is 0 Å². The average molecular weight is 407 g/mol. The van der Waals surface area contributed by atoms with Crippen molar-refractivity contribution in [2.75, 3.05) is 31.8 Å². The molecule has 2 aromatic rings. The maximum absolute atomic E-state index is 12.1. The van der Waals surface area contributed by atoms with Crippen LogP contribution in [-0.4, -0.2) is 47.3 Å². The second-order valence-corrected chi connectivity index (χ2v) is 7.65. The molecule has 0 saturated heterocycles. The molecule has 150 valence electrons. The van der Waals surface area contributed by atoms with E-state index in [4.69, 9.17) is 14.2 Å². The average Bonchev–Trinajstić information content (AvgIpc) is 2.65. The molecule has 0 radical (unpaired) electrons. The monoisotopic (exact) mass is 407 g/mol. The number of hydrogen-bond acceptors (Lipinski definition) is 7. The van der Waals surface area contributed by atoms with Gasteiger partial charge in [0.05, 0.1) is 26.9 Å². The number of ketones is 1. The molecule has 0 saturated carbocycles. The molecule has 0 aromatic heterocycles. The van der Waals surface area contributed by atoms with E-state index in [9.17, 15) is 18.0 Å². The van der Waals surface area contributed by atoms with E-state index in [1.807, 2.05) is 0 Å². The van der Waals surface area contributed by atoms with E-state index in [0.29, 0.717) is 28.3 Å². The van der Waals surface area contributed by atoms with E-state index in [0.717, 1.165) is 6.26 Å². The van der Waals surface area contributed by atoms with Gasteiger partial charge in [0.2, 0.25) is 10.0 Å². The summed E-state index contributed by atoms with van der Waals surface area (Å²) in [6.07, 6.45) is 1.01. The van der Waals surface area contributed by atoms with Crippen molar-refractivity contribution in [2.24, 2.45) is 0 Å². The number of carbonyl (C=O) groups is 2. The number of rotatable bonds is 9. The molecule has 0 amide bonds. The number of anilines is 1. The highest BCUT2D eigenvalue weighted by molar-refractivity contribution is 7.92. The Morgan fingerprint density at radius 1 is 0.964 bits per heavy atom. The predicted octanol–water partition coefficient (Wildman–Crippen LogP) is 2.04. The zero-order chi connectivity index (χ0) is 20.7. The molecule has 0 aliphatic heterocycles. The summed E-state index contributed by atoms with van der Waals surface area (Å²) in [5.41, 5.74) is 1.30. The van der Waals surface area contributed by atoms with E-state index in [-0.39, 0.29) is 6.42 Å². The first-order chi connectivity index (χ1) is 13.2. The van der Waals surface area contributed by atoms with Gasteiger partial charge in [-0.25, -0.2) is 8.42 Å². The van der Waals surface area contributed by atoms with E-state index in [2.05, 4.69) is 4.72 Å². The van der Waals surface area contributed by atoms with Gasteiger partial charge in [-0.15, -0.1) is 0 Å². The van der Waals surface area contributed by atoms with Crippen molar-refractivity contribution in [1.29, 1.82) is 0 Å². The van der Waals surface area contributed by atoms with Crippen LogP contribution in [0.4, 0.5) is 5.69 Å². The van der Waals surface area contributed by atoms with Crippen LogP contribution in [0, 0.1) is 0 Å². The van der Waals surface area contributed by atoms with Crippen molar-refractivity contribution in [3.8, 4) is 11.5 Å². The molecule has 0 atom stereocenters. The lowest BCUT2D eigenvalue weighted by atomic mass is 10.1. The van der Waals surface area contributed by atoms with E-state index in [1.54, 1.807) is 18.2 Å². The third-order valence-electron chi connectivity index (χ3n) is 3.67. The van der Waals surface area contributed by atoms with Crippen LogP contribution in [0.15, 0.2) is 42.5 Å². The summed E-state index contributed by atoms with van der Waals surface area (Å²) in [7, 11) is -0.382. The predicted molar refractivity (Wildman–Crippen MR) is 103 cm³/mol. The zero-order valence-corrected chi connectivity index (χ0v) is 16.5. The fourth-order valence-electron chi connectivity index (χ4n) is 2.38. The Bertz CT molecular complexity index is 953. The van der Waals surface area contributed by atoms with Crippen LogP contribution in [0.3, 0.4) is 0 Å². The molecule has 0 spiro atoms. The molecule has 0 aliphatic carbocycles. The molecule has 2 rings (SSSR count). The normalized spacial score (nSPS) is 10.8. The largest absolute Gasteiger partial charge is 0.493 e. The standard InChI is InChI=1S/C19H21NO7S/c1-25-17-9-4-13(10-18(17)26-2)11-19(22)27-12-16(21)14-5-7-15(8-6-14)20-28(3,23)24/h4-10,20H,11-12H2,1-3H3. The van der Waals surface area contributed by atoms with Crippen LogP contribution in [0.2, 0.25) is 0 Å². The molecular weight excluding hydrogens is 386 g/mol. The summed E-state index contributed by atoms with van der Waals surface area (Å²) in [6.45, 7) is -0.412. The van der Waals surface area contributed by atoms with Gasteiger partial charge in [-0.2, -0.15) is 0 Å².